The van der Waals surface area contributed by atoms with E-state index >= 15 is 0 Å². The van der Waals surface area contributed by atoms with Crippen LogP contribution in [0.15, 0.2) is 24.7 Å². The number of nitrogens with one attached hydrogen (secondary N) is 1. The van der Waals surface area contributed by atoms with Crippen LogP contribution in [0.25, 0.3) is 11.3 Å². The summed E-state index contributed by atoms with van der Waals surface area (Å²) < 4.78 is 46.1. The van der Waals surface area contributed by atoms with E-state index in [1.807, 2.05) is 0 Å². The van der Waals surface area contributed by atoms with Gasteiger partial charge in [-0.3, -0.25) is 19.6 Å². The van der Waals surface area contributed by atoms with E-state index < -0.39 is 23.6 Å². The van der Waals surface area contributed by atoms with E-state index in [0.29, 0.717) is 42.2 Å². The fourth-order valence-corrected chi connectivity index (χ4v) is 6.35. The van der Waals surface area contributed by atoms with Gasteiger partial charge in [-0.2, -0.15) is 13.2 Å². The molecule has 2 N–H and O–H groups in total. The number of thiazole rings is 1. The summed E-state index contributed by atoms with van der Waals surface area (Å²) >= 11 is 1.42. The molecule has 5 rings (SSSR count). The Balaban J connectivity index is 1.28. The van der Waals surface area contributed by atoms with Crippen LogP contribution in [-0.2, 0) is 24.1 Å². The predicted molar refractivity (Wildman–Crippen MR) is 156 cm³/mol. The van der Waals surface area contributed by atoms with E-state index in [1.165, 1.54) is 24.6 Å². The van der Waals surface area contributed by atoms with E-state index in [9.17, 15) is 18.0 Å². The van der Waals surface area contributed by atoms with E-state index in [-0.39, 0.29) is 12.0 Å². The second-order valence-corrected chi connectivity index (χ2v) is 11.8. The minimum absolute atomic E-state index is 0.131. The molecule has 0 aromatic carbocycles. The number of carboxylic acid groups (broad SMARTS) is 1. The first-order chi connectivity index (χ1) is 20.6. The Kier molecular flexibility index (Phi) is 9.62. The van der Waals surface area contributed by atoms with Crippen LogP contribution < -0.4 is 15.0 Å². The zero-order chi connectivity index (χ0) is 30.6. The van der Waals surface area contributed by atoms with Crippen molar-refractivity contribution in [3.63, 3.8) is 0 Å². The Bertz CT molecular complexity index is 1400. The van der Waals surface area contributed by atoms with Crippen LogP contribution in [-0.4, -0.2) is 93.2 Å². The van der Waals surface area contributed by atoms with Crippen LogP contribution in [0.1, 0.15) is 42.3 Å². The molecule has 2 aliphatic heterocycles. The molecule has 5 heterocycles. The Hall–Kier alpha value is -3.56. The standard InChI is InChI=1S/C28H35F3N8O3S/c1-18-4-3-6-39(18)17-22-25(19-12-21(28(29,30)31)26(42-2)34-13-19)36-27(43-22)35-15-20-14-33-23(16-32-20)38-10-8-37(9-11-38)7-5-24(40)41/h12-14,16,18H,3-11,15,17H2,1-2H3,(H,35,36)(H,40,41)/t18-/m1/s1. The normalized spacial score (nSPS) is 18.3. The van der Waals surface area contributed by atoms with Crippen molar-refractivity contribution in [2.24, 2.45) is 0 Å². The SMILES string of the molecule is COc1ncc(-c2nc(NCc3cnc(N4CCN(CCC(=O)O)CC4)cn3)sc2CN2CCC[C@H]2C)cc1C(F)(F)F. The first-order valence-corrected chi connectivity index (χ1v) is 15.0. The van der Waals surface area contributed by atoms with Crippen molar-refractivity contribution >= 4 is 28.3 Å². The molecule has 2 aliphatic rings. The van der Waals surface area contributed by atoms with Gasteiger partial charge in [-0.15, -0.1) is 11.3 Å². The zero-order valence-electron chi connectivity index (χ0n) is 24.1. The van der Waals surface area contributed by atoms with Crippen molar-refractivity contribution < 1.29 is 27.8 Å². The van der Waals surface area contributed by atoms with Crippen LogP contribution in [0.3, 0.4) is 0 Å². The summed E-state index contributed by atoms with van der Waals surface area (Å²) in [6, 6.07) is 1.44. The van der Waals surface area contributed by atoms with Gasteiger partial charge in [0.2, 0.25) is 5.88 Å². The summed E-state index contributed by atoms with van der Waals surface area (Å²) in [6.45, 7) is 7.55. The summed E-state index contributed by atoms with van der Waals surface area (Å²) in [5, 5.41) is 12.7. The van der Waals surface area contributed by atoms with E-state index in [2.05, 4.69) is 41.9 Å². The lowest BCUT2D eigenvalue weighted by molar-refractivity contribution is -0.139. The maximum atomic E-state index is 13.8. The summed E-state index contributed by atoms with van der Waals surface area (Å²) in [5.74, 6) is -0.508. The Morgan fingerprint density at radius 1 is 1.14 bits per heavy atom. The molecule has 0 saturated carbocycles. The molecule has 3 aromatic heterocycles. The first-order valence-electron chi connectivity index (χ1n) is 14.2. The smallest absolute Gasteiger partial charge is 0.421 e. The fraction of sp³-hybridized carbons (Fsp3) is 0.536. The number of anilines is 2. The third-order valence-electron chi connectivity index (χ3n) is 7.81. The lowest BCUT2D eigenvalue weighted by atomic mass is 10.1. The van der Waals surface area contributed by atoms with Gasteiger partial charge in [0.25, 0.3) is 0 Å². The number of hydrogen-bond donors (Lipinski definition) is 2. The van der Waals surface area contributed by atoms with Crippen LogP contribution in [0.5, 0.6) is 5.88 Å². The number of rotatable bonds is 11. The summed E-state index contributed by atoms with van der Waals surface area (Å²) in [7, 11) is 1.17. The van der Waals surface area contributed by atoms with Gasteiger partial charge in [0.05, 0.1) is 43.9 Å². The second-order valence-electron chi connectivity index (χ2n) is 10.7. The van der Waals surface area contributed by atoms with E-state index in [4.69, 9.17) is 14.8 Å². The average molecular weight is 621 g/mol. The summed E-state index contributed by atoms with van der Waals surface area (Å²) in [5.41, 5.74) is 0.510. The monoisotopic (exact) mass is 620 g/mol. The number of hydrogen-bond acceptors (Lipinski definition) is 11. The average Bonchev–Trinajstić information content (AvgIpc) is 3.60. The number of nitrogens with zero attached hydrogens (tertiary/aromatic N) is 7. The maximum Gasteiger partial charge on any atom is 0.421 e. The maximum absolute atomic E-state index is 13.8. The molecule has 15 heteroatoms. The molecule has 0 spiro atoms. The van der Waals surface area contributed by atoms with Crippen molar-refractivity contribution in [3.8, 4) is 17.1 Å². The molecule has 1 atom stereocenters. The molecule has 0 unspecified atom stereocenters. The molecule has 2 fully saturated rings. The van der Waals surface area contributed by atoms with Gasteiger partial charge in [-0.05, 0) is 32.4 Å². The fourth-order valence-electron chi connectivity index (χ4n) is 5.34. The molecular weight excluding hydrogens is 585 g/mol. The van der Waals surface area contributed by atoms with Crippen molar-refractivity contribution in [2.45, 2.75) is 51.5 Å². The van der Waals surface area contributed by atoms with Crippen molar-refractivity contribution in [1.29, 1.82) is 0 Å². The lowest BCUT2D eigenvalue weighted by Crippen LogP contribution is -2.47. The molecule has 0 aliphatic carbocycles. The number of pyridine rings is 1. The number of ether oxygens (including phenoxy) is 1. The predicted octanol–water partition coefficient (Wildman–Crippen LogP) is 4.22. The molecule has 0 amide bonds. The third-order valence-corrected chi connectivity index (χ3v) is 8.81. The van der Waals surface area contributed by atoms with E-state index in [0.717, 1.165) is 62.3 Å². The van der Waals surface area contributed by atoms with Gasteiger partial charge in [0.1, 0.15) is 11.4 Å². The third kappa shape index (κ3) is 7.70. The van der Waals surface area contributed by atoms with Gasteiger partial charge in [0, 0.05) is 61.9 Å². The minimum atomic E-state index is -4.62. The van der Waals surface area contributed by atoms with Gasteiger partial charge < -0.3 is 20.1 Å². The van der Waals surface area contributed by atoms with Crippen LogP contribution in [0, 0.1) is 0 Å². The highest BCUT2D eigenvalue weighted by Crippen LogP contribution is 2.40. The summed E-state index contributed by atoms with van der Waals surface area (Å²) in [6.07, 6.45) is 2.47. The number of carboxylic acids is 1. The Labute approximate surface area is 251 Å². The number of aliphatic carboxylic acids is 1. The van der Waals surface area contributed by atoms with Crippen LogP contribution >= 0.6 is 11.3 Å². The lowest BCUT2D eigenvalue weighted by Gasteiger charge is -2.34. The van der Waals surface area contributed by atoms with Gasteiger partial charge >= 0.3 is 12.1 Å². The molecule has 0 radical (unpaired) electrons. The Morgan fingerprint density at radius 3 is 2.56 bits per heavy atom. The number of carbonyl (C=O) groups is 1. The number of piperazine rings is 1. The largest absolute Gasteiger partial charge is 0.481 e. The van der Waals surface area contributed by atoms with Crippen molar-refractivity contribution in [3.05, 3.63) is 40.8 Å². The summed E-state index contributed by atoms with van der Waals surface area (Å²) in [4.78, 5) is 36.0. The number of likely N-dealkylation sites (tertiary alicyclic amines) is 1. The number of halogens is 3. The highest BCUT2D eigenvalue weighted by Gasteiger charge is 2.36. The quantitative estimate of drug-likeness (QED) is 0.321. The zero-order valence-corrected chi connectivity index (χ0v) is 24.9. The molecule has 3 aromatic rings. The van der Waals surface area contributed by atoms with Crippen LogP contribution in [0.2, 0.25) is 0 Å². The topological polar surface area (TPSA) is 120 Å². The van der Waals surface area contributed by atoms with Gasteiger partial charge in [-0.1, -0.05) is 0 Å². The molecule has 232 valence electrons. The number of methoxy groups -OCH3 is 1. The highest BCUT2D eigenvalue weighted by atomic mass is 32.1. The minimum Gasteiger partial charge on any atom is -0.481 e. The molecule has 11 nitrogen and oxygen atoms in total. The van der Waals surface area contributed by atoms with Crippen LogP contribution in [0.4, 0.5) is 24.1 Å². The van der Waals surface area contributed by atoms with Crippen molar-refractivity contribution in [2.75, 3.05) is 56.6 Å². The molecule has 0 bridgehead atoms. The molecule has 43 heavy (non-hydrogen) atoms. The van der Waals surface area contributed by atoms with Gasteiger partial charge in [0.15, 0.2) is 5.13 Å². The number of alkyl halides is 3. The Morgan fingerprint density at radius 2 is 1.93 bits per heavy atom. The molecule has 2 saturated heterocycles. The van der Waals surface area contributed by atoms with Crippen molar-refractivity contribution in [1.82, 2.24) is 29.7 Å². The van der Waals surface area contributed by atoms with E-state index in [1.54, 1.807) is 12.4 Å². The number of aromatic nitrogens is 4. The molecular formula is C28H35F3N8O3S. The first kappa shape index (κ1) is 30.9. The highest BCUT2D eigenvalue weighted by molar-refractivity contribution is 7.16. The second kappa shape index (κ2) is 13.4. The van der Waals surface area contributed by atoms with Gasteiger partial charge in [-0.25, -0.2) is 15.0 Å².